The predicted molar refractivity (Wildman–Crippen MR) is 94.5 cm³/mol. The van der Waals surface area contributed by atoms with Crippen LogP contribution in [-0.2, 0) is 9.59 Å². The number of quaternary nitrogens is 2. The van der Waals surface area contributed by atoms with E-state index in [9.17, 15) is 9.59 Å². The van der Waals surface area contributed by atoms with E-state index in [1.54, 1.807) is 31.1 Å². The molecule has 1 fully saturated rings. The van der Waals surface area contributed by atoms with Gasteiger partial charge in [0.2, 0.25) is 0 Å². The number of carbonyl (C=O) groups excluding carboxylic acids is 2. The summed E-state index contributed by atoms with van der Waals surface area (Å²) in [7, 11) is 3.58. The number of carbonyl (C=O) groups is 2. The van der Waals surface area contributed by atoms with Crippen molar-refractivity contribution in [2.24, 2.45) is 0 Å². The average Bonchev–Trinajstić information content (AvgIpc) is 2.56. The number of anilines is 1. The number of para-hydroxylation sites is 1. The minimum atomic E-state index is -0.0292. The summed E-state index contributed by atoms with van der Waals surface area (Å²) in [5.41, 5.74) is 0.651. The fourth-order valence-corrected chi connectivity index (χ4v) is 3.26. The molecule has 1 aromatic carbocycles. The van der Waals surface area contributed by atoms with E-state index >= 15 is 0 Å². The molecule has 0 bridgehead atoms. The van der Waals surface area contributed by atoms with Gasteiger partial charge in [-0.2, -0.15) is 0 Å². The van der Waals surface area contributed by atoms with Crippen molar-refractivity contribution in [3.63, 3.8) is 0 Å². The average molecular weight is 355 g/mol. The van der Waals surface area contributed by atoms with Crippen LogP contribution in [0.4, 0.5) is 5.69 Å². The van der Waals surface area contributed by atoms with Crippen molar-refractivity contribution in [3.8, 4) is 0 Å². The van der Waals surface area contributed by atoms with Crippen LogP contribution in [0.25, 0.3) is 0 Å². The summed E-state index contributed by atoms with van der Waals surface area (Å²) < 4.78 is 0. The quantitative estimate of drug-likeness (QED) is 0.605. The van der Waals surface area contributed by atoms with Crippen molar-refractivity contribution in [1.82, 2.24) is 4.90 Å². The fourth-order valence-electron chi connectivity index (χ4n) is 3.08. The lowest BCUT2D eigenvalue weighted by Gasteiger charge is -2.33. The Morgan fingerprint density at radius 2 is 1.83 bits per heavy atom. The Kier molecular flexibility index (Phi) is 6.60. The molecule has 132 valence electrons. The molecule has 0 radical (unpaired) electrons. The maximum atomic E-state index is 12.2. The topological polar surface area (TPSA) is 58.3 Å². The van der Waals surface area contributed by atoms with Crippen LogP contribution in [0.5, 0.6) is 0 Å². The number of benzene rings is 1. The number of halogens is 1. The van der Waals surface area contributed by atoms with Crippen molar-refractivity contribution in [3.05, 3.63) is 29.3 Å². The largest absolute Gasteiger partial charge is 0.344 e. The zero-order valence-electron chi connectivity index (χ0n) is 14.6. The normalized spacial score (nSPS) is 21.8. The second kappa shape index (κ2) is 8.46. The summed E-state index contributed by atoms with van der Waals surface area (Å²) in [6.45, 7) is 5.97. The second-order valence-corrected chi connectivity index (χ2v) is 6.97. The molecule has 3 N–H and O–H groups in total. The number of piperazine rings is 1. The predicted octanol–water partition coefficient (Wildman–Crippen LogP) is -1.46. The number of hydrogen-bond donors (Lipinski definition) is 3. The molecule has 0 aliphatic carbocycles. The van der Waals surface area contributed by atoms with Crippen molar-refractivity contribution < 1.29 is 19.4 Å². The molecule has 0 aromatic heterocycles. The summed E-state index contributed by atoms with van der Waals surface area (Å²) in [5, 5.41) is 3.41. The van der Waals surface area contributed by atoms with E-state index in [2.05, 4.69) is 5.32 Å². The van der Waals surface area contributed by atoms with Crippen LogP contribution >= 0.6 is 11.6 Å². The lowest BCUT2D eigenvalue weighted by Crippen LogP contribution is -3.30. The molecule has 6 nitrogen and oxygen atoms in total. The third-order valence-electron chi connectivity index (χ3n) is 4.58. The standard InChI is InChI=1S/C17H25ClN4O2/c1-13(17(24)20(2)3)22-10-8-21(9-11-22)12-16(23)19-15-7-5-4-6-14(15)18/h4-7,13H,8-12H2,1-3H3,(H,19,23)/p+2/t13-/m0/s1. The highest BCUT2D eigenvalue weighted by molar-refractivity contribution is 6.33. The van der Waals surface area contributed by atoms with Crippen LogP contribution in [-0.4, -0.2) is 69.6 Å². The number of rotatable bonds is 5. The SMILES string of the molecule is C[C@@H](C(=O)N(C)C)[NH+]1CC[NH+](CC(=O)Nc2ccccc2Cl)CC1. The van der Waals surface area contributed by atoms with E-state index in [0.717, 1.165) is 26.2 Å². The first kappa shape index (κ1) is 18.7. The van der Waals surface area contributed by atoms with Gasteiger partial charge in [0.1, 0.15) is 26.2 Å². The third kappa shape index (κ3) is 4.93. The number of nitrogens with zero attached hydrogens (tertiary/aromatic N) is 1. The number of nitrogens with one attached hydrogen (secondary N) is 3. The van der Waals surface area contributed by atoms with Gasteiger partial charge in [0, 0.05) is 14.1 Å². The second-order valence-electron chi connectivity index (χ2n) is 6.57. The lowest BCUT2D eigenvalue weighted by molar-refractivity contribution is -1.01. The molecule has 0 saturated carbocycles. The van der Waals surface area contributed by atoms with Gasteiger partial charge in [0.15, 0.2) is 12.6 Å². The lowest BCUT2D eigenvalue weighted by atomic mass is 10.2. The van der Waals surface area contributed by atoms with Crippen LogP contribution in [0.2, 0.25) is 5.02 Å². The van der Waals surface area contributed by atoms with E-state index in [1.165, 1.54) is 9.80 Å². The maximum Gasteiger partial charge on any atom is 0.280 e. The maximum absolute atomic E-state index is 12.2. The molecule has 1 aliphatic rings. The monoisotopic (exact) mass is 354 g/mol. The minimum Gasteiger partial charge on any atom is -0.344 e. The number of amides is 2. The molecule has 1 saturated heterocycles. The molecule has 1 aromatic rings. The molecule has 1 heterocycles. The van der Waals surface area contributed by atoms with Gasteiger partial charge in [0.05, 0.1) is 10.7 Å². The molecule has 1 atom stereocenters. The minimum absolute atomic E-state index is 0.0287. The van der Waals surface area contributed by atoms with Gasteiger partial charge in [-0.05, 0) is 19.1 Å². The number of likely N-dealkylation sites (N-methyl/N-ethyl adjacent to an activating group) is 1. The molecule has 0 spiro atoms. The summed E-state index contributed by atoms with van der Waals surface area (Å²) >= 11 is 6.06. The molecule has 2 rings (SSSR count). The van der Waals surface area contributed by atoms with Gasteiger partial charge in [0.25, 0.3) is 11.8 Å². The van der Waals surface area contributed by atoms with Gasteiger partial charge < -0.3 is 20.0 Å². The fraction of sp³-hybridized carbons (Fsp3) is 0.529. The highest BCUT2D eigenvalue weighted by Gasteiger charge is 2.32. The van der Waals surface area contributed by atoms with Crippen LogP contribution in [0.3, 0.4) is 0 Å². The van der Waals surface area contributed by atoms with Gasteiger partial charge in [-0.15, -0.1) is 0 Å². The molecular formula is C17H27ClN4O2+2. The first-order chi connectivity index (χ1) is 11.4. The summed E-state index contributed by atoms with van der Waals surface area (Å²) in [6, 6.07) is 7.21. The van der Waals surface area contributed by atoms with Gasteiger partial charge in [-0.3, -0.25) is 9.59 Å². The van der Waals surface area contributed by atoms with Crippen molar-refractivity contribution >= 4 is 29.1 Å². The van der Waals surface area contributed by atoms with Crippen molar-refractivity contribution in [2.75, 3.05) is 52.1 Å². The zero-order chi connectivity index (χ0) is 17.7. The number of hydrogen-bond acceptors (Lipinski definition) is 2. The molecule has 2 amide bonds. The summed E-state index contributed by atoms with van der Waals surface area (Å²) in [5.74, 6) is 0.129. The molecular weight excluding hydrogens is 328 g/mol. The van der Waals surface area contributed by atoms with Crippen LogP contribution in [0, 0.1) is 0 Å². The highest BCUT2D eigenvalue weighted by atomic mass is 35.5. The van der Waals surface area contributed by atoms with E-state index in [4.69, 9.17) is 11.6 Å². The third-order valence-corrected chi connectivity index (χ3v) is 4.91. The Morgan fingerprint density at radius 3 is 2.42 bits per heavy atom. The van der Waals surface area contributed by atoms with Gasteiger partial charge in [-0.25, -0.2) is 0 Å². The van der Waals surface area contributed by atoms with Gasteiger partial charge >= 0.3 is 0 Å². The smallest absolute Gasteiger partial charge is 0.280 e. The van der Waals surface area contributed by atoms with E-state index in [-0.39, 0.29) is 17.9 Å². The van der Waals surface area contributed by atoms with E-state index in [1.807, 2.05) is 19.1 Å². The molecule has 24 heavy (non-hydrogen) atoms. The Labute approximate surface area is 148 Å². The Morgan fingerprint density at radius 1 is 1.21 bits per heavy atom. The van der Waals surface area contributed by atoms with Crippen LogP contribution in [0.1, 0.15) is 6.92 Å². The summed E-state index contributed by atoms with van der Waals surface area (Å²) in [6.07, 6.45) is 0. The van der Waals surface area contributed by atoms with Crippen molar-refractivity contribution in [2.45, 2.75) is 13.0 Å². The first-order valence-corrected chi connectivity index (χ1v) is 8.70. The Balaban J connectivity index is 1.79. The first-order valence-electron chi connectivity index (χ1n) is 8.32. The molecule has 1 aliphatic heterocycles. The summed E-state index contributed by atoms with van der Waals surface area (Å²) in [4.78, 5) is 28.4. The van der Waals surface area contributed by atoms with E-state index < -0.39 is 0 Å². The highest BCUT2D eigenvalue weighted by Crippen LogP contribution is 2.19. The molecule has 0 unspecified atom stereocenters. The molecule has 7 heteroatoms. The van der Waals surface area contributed by atoms with Crippen LogP contribution in [0.15, 0.2) is 24.3 Å². The zero-order valence-corrected chi connectivity index (χ0v) is 15.3. The van der Waals surface area contributed by atoms with Crippen molar-refractivity contribution in [1.29, 1.82) is 0 Å². The van der Waals surface area contributed by atoms with Gasteiger partial charge in [-0.1, -0.05) is 23.7 Å². The van der Waals surface area contributed by atoms with E-state index in [0.29, 0.717) is 17.3 Å². The Bertz CT molecular complexity index is 586. The Hall–Kier alpha value is -1.63. The van der Waals surface area contributed by atoms with Crippen LogP contribution < -0.4 is 15.1 Å².